The first-order chi connectivity index (χ1) is 6.18. The summed E-state index contributed by atoms with van der Waals surface area (Å²) in [5, 5.41) is 9.50. The predicted molar refractivity (Wildman–Crippen MR) is 57.4 cm³/mol. The Hall–Kier alpha value is -0.700. The quantitative estimate of drug-likeness (QED) is 0.755. The van der Waals surface area contributed by atoms with E-state index in [-0.39, 0.29) is 0 Å². The molecule has 1 N–H and O–H groups in total. The van der Waals surface area contributed by atoms with Gasteiger partial charge in [0.25, 0.3) is 0 Å². The molecule has 1 aliphatic rings. The van der Waals surface area contributed by atoms with E-state index in [0.29, 0.717) is 5.75 Å². The standard InChI is InChI=1S/C10H12BrNO/c1-12-4-2-3-7-5-10(13)8(11)6-9(7)12/h5-6,13H,2-4H2,1H3. The molecule has 0 unspecified atom stereocenters. The fraction of sp³-hybridized carbons (Fsp3) is 0.400. The van der Waals surface area contributed by atoms with Crippen LogP contribution >= 0.6 is 15.9 Å². The number of rotatable bonds is 0. The highest BCUT2D eigenvalue weighted by atomic mass is 79.9. The van der Waals surface area contributed by atoms with E-state index in [0.717, 1.165) is 17.4 Å². The third-order valence-corrected chi connectivity index (χ3v) is 3.13. The van der Waals surface area contributed by atoms with Gasteiger partial charge in [0, 0.05) is 19.3 Å². The van der Waals surface area contributed by atoms with Crippen LogP contribution < -0.4 is 4.90 Å². The molecule has 0 radical (unpaired) electrons. The first kappa shape index (κ1) is 8.88. The molecule has 0 spiro atoms. The average molecular weight is 242 g/mol. The van der Waals surface area contributed by atoms with Gasteiger partial charge in [0.2, 0.25) is 0 Å². The average Bonchev–Trinajstić information content (AvgIpc) is 2.09. The van der Waals surface area contributed by atoms with Gasteiger partial charge in [0.1, 0.15) is 5.75 Å². The molecule has 0 atom stereocenters. The number of aromatic hydroxyl groups is 1. The molecule has 0 fully saturated rings. The van der Waals surface area contributed by atoms with E-state index in [1.54, 1.807) is 0 Å². The van der Waals surface area contributed by atoms with Crippen molar-refractivity contribution in [2.45, 2.75) is 12.8 Å². The van der Waals surface area contributed by atoms with Gasteiger partial charge in [-0.2, -0.15) is 0 Å². The van der Waals surface area contributed by atoms with E-state index >= 15 is 0 Å². The summed E-state index contributed by atoms with van der Waals surface area (Å²) in [6.45, 7) is 1.10. The molecule has 2 nitrogen and oxygen atoms in total. The lowest BCUT2D eigenvalue weighted by atomic mass is 10.0. The maximum atomic E-state index is 9.50. The molecule has 2 rings (SSSR count). The van der Waals surface area contributed by atoms with Gasteiger partial charge in [0.15, 0.2) is 0 Å². The molecule has 0 bridgehead atoms. The van der Waals surface area contributed by atoms with E-state index in [9.17, 15) is 5.11 Å². The minimum Gasteiger partial charge on any atom is -0.507 e. The van der Waals surface area contributed by atoms with Crippen molar-refractivity contribution >= 4 is 21.6 Å². The van der Waals surface area contributed by atoms with Crippen LogP contribution in [0.4, 0.5) is 5.69 Å². The largest absolute Gasteiger partial charge is 0.507 e. The zero-order valence-corrected chi connectivity index (χ0v) is 9.13. The van der Waals surface area contributed by atoms with Crippen molar-refractivity contribution in [1.82, 2.24) is 0 Å². The van der Waals surface area contributed by atoms with Crippen LogP contribution in [0.5, 0.6) is 5.75 Å². The highest BCUT2D eigenvalue weighted by Crippen LogP contribution is 2.34. The smallest absolute Gasteiger partial charge is 0.130 e. The van der Waals surface area contributed by atoms with Crippen LogP contribution in [-0.2, 0) is 6.42 Å². The highest BCUT2D eigenvalue weighted by Gasteiger charge is 2.15. The summed E-state index contributed by atoms with van der Waals surface area (Å²) in [5.41, 5.74) is 2.48. The fourth-order valence-corrected chi connectivity index (χ4v) is 2.11. The molecular weight excluding hydrogens is 230 g/mol. The Morgan fingerprint density at radius 1 is 1.46 bits per heavy atom. The number of anilines is 1. The number of phenols is 1. The van der Waals surface area contributed by atoms with Crippen molar-refractivity contribution in [2.24, 2.45) is 0 Å². The molecule has 1 aromatic rings. The van der Waals surface area contributed by atoms with E-state index in [4.69, 9.17) is 0 Å². The van der Waals surface area contributed by atoms with Crippen molar-refractivity contribution in [3.05, 3.63) is 22.2 Å². The molecule has 1 aromatic carbocycles. The van der Waals surface area contributed by atoms with Gasteiger partial charge >= 0.3 is 0 Å². The van der Waals surface area contributed by atoms with Gasteiger partial charge in [0.05, 0.1) is 4.47 Å². The Balaban J connectivity index is 2.52. The first-order valence-corrected chi connectivity index (χ1v) is 5.20. The topological polar surface area (TPSA) is 23.5 Å². The summed E-state index contributed by atoms with van der Waals surface area (Å²) in [4.78, 5) is 2.23. The van der Waals surface area contributed by atoms with Crippen molar-refractivity contribution in [3.8, 4) is 5.75 Å². The lowest BCUT2D eigenvalue weighted by Gasteiger charge is -2.27. The van der Waals surface area contributed by atoms with Gasteiger partial charge in [-0.15, -0.1) is 0 Å². The van der Waals surface area contributed by atoms with E-state index < -0.39 is 0 Å². The monoisotopic (exact) mass is 241 g/mol. The van der Waals surface area contributed by atoms with Gasteiger partial charge in [-0.05, 0) is 46.5 Å². The zero-order valence-electron chi connectivity index (χ0n) is 7.55. The summed E-state index contributed by atoms with van der Waals surface area (Å²) < 4.78 is 0.778. The van der Waals surface area contributed by atoms with Crippen molar-refractivity contribution in [3.63, 3.8) is 0 Å². The molecule has 3 heteroatoms. The predicted octanol–water partition coefficient (Wildman–Crippen LogP) is 2.54. The number of benzene rings is 1. The Morgan fingerprint density at radius 3 is 3.00 bits per heavy atom. The van der Waals surface area contributed by atoms with Crippen LogP contribution in [0.3, 0.4) is 0 Å². The molecule has 13 heavy (non-hydrogen) atoms. The van der Waals surface area contributed by atoms with E-state index in [2.05, 4.69) is 27.9 Å². The minimum absolute atomic E-state index is 0.342. The second-order valence-corrected chi connectivity index (χ2v) is 4.31. The number of halogens is 1. The van der Waals surface area contributed by atoms with Gasteiger partial charge in [-0.3, -0.25) is 0 Å². The van der Waals surface area contributed by atoms with Crippen LogP contribution in [0.2, 0.25) is 0 Å². The van der Waals surface area contributed by atoms with Gasteiger partial charge in [-0.25, -0.2) is 0 Å². The molecule has 1 aliphatic heterocycles. The summed E-state index contributed by atoms with van der Waals surface area (Å²) in [5.74, 6) is 0.342. The molecule has 0 aromatic heterocycles. The van der Waals surface area contributed by atoms with Crippen LogP contribution in [-0.4, -0.2) is 18.7 Å². The third-order valence-electron chi connectivity index (χ3n) is 2.50. The summed E-state index contributed by atoms with van der Waals surface area (Å²) in [7, 11) is 2.08. The summed E-state index contributed by atoms with van der Waals surface area (Å²) in [6.07, 6.45) is 2.24. The van der Waals surface area contributed by atoms with Crippen molar-refractivity contribution < 1.29 is 5.11 Å². The maximum Gasteiger partial charge on any atom is 0.130 e. The number of fused-ring (bicyclic) bond motifs is 1. The second kappa shape index (κ2) is 3.22. The lowest BCUT2D eigenvalue weighted by molar-refractivity contribution is 0.470. The molecular formula is C10H12BrNO. The molecule has 0 saturated heterocycles. The third kappa shape index (κ3) is 1.53. The Labute approximate surface area is 86.3 Å². The Morgan fingerprint density at radius 2 is 2.23 bits per heavy atom. The van der Waals surface area contributed by atoms with E-state index in [1.807, 2.05) is 12.1 Å². The molecule has 0 aliphatic carbocycles. The second-order valence-electron chi connectivity index (χ2n) is 3.46. The number of hydrogen-bond donors (Lipinski definition) is 1. The van der Waals surface area contributed by atoms with Gasteiger partial charge < -0.3 is 10.0 Å². The van der Waals surface area contributed by atoms with E-state index in [1.165, 1.54) is 17.7 Å². The van der Waals surface area contributed by atoms with Crippen LogP contribution in [0.1, 0.15) is 12.0 Å². The Bertz CT molecular complexity index is 338. The van der Waals surface area contributed by atoms with Crippen molar-refractivity contribution in [2.75, 3.05) is 18.5 Å². The highest BCUT2D eigenvalue weighted by molar-refractivity contribution is 9.10. The number of aryl methyl sites for hydroxylation is 1. The van der Waals surface area contributed by atoms with Crippen LogP contribution in [0.25, 0.3) is 0 Å². The summed E-state index contributed by atoms with van der Waals surface area (Å²) >= 11 is 3.33. The first-order valence-electron chi connectivity index (χ1n) is 4.41. The van der Waals surface area contributed by atoms with Crippen LogP contribution in [0, 0.1) is 0 Å². The number of nitrogens with zero attached hydrogens (tertiary/aromatic N) is 1. The fourth-order valence-electron chi connectivity index (χ4n) is 1.78. The van der Waals surface area contributed by atoms with Crippen molar-refractivity contribution in [1.29, 1.82) is 0 Å². The molecule has 70 valence electrons. The van der Waals surface area contributed by atoms with Gasteiger partial charge in [-0.1, -0.05) is 0 Å². The molecule has 0 amide bonds. The lowest BCUT2D eigenvalue weighted by Crippen LogP contribution is -2.24. The molecule has 1 heterocycles. The van der Waals surface area contributed by atoms with Crippen LogP contribution in [0.15, 0.2) is 16.6 Å². The number of phenolic OH excluding ortho intramolecular Hbond substituents is 1. The summed E-state index contributed by atoms with van der Waals surface area (Å²) in [6, 6.07) is 3.85. The Kier molecular flexibility index (Phi) is 2.20. The normalized spacial score (nSPS) is 15.7. The number of hydrogen-bond acceptors (Lipinski definition) is 2. The SMILES string of the molecule is CN1CCCc2cc(O)c(Br)cc21. The zero-order chi connectivity index (χ0) is 9.42. The maximum absolute atomic E-state index is 9.50. The molecule has 0 saturated carbocycles. The minimum atomic E-state index is 0.342.